The summed E-state index contributed by atoms with van der Waals surface area (Å²) in [4.78, 5) is 11.1. The first-order chi connectivity index (χ1) is 10.7. The molecule has 0 aromatic carbocycles. The Morgan fingerprint density at radius 3 is 1.50 bits per heavy atom. The van der Waals surface area contributed by atoms with Crippen molar-refractivity contribution in [3.8, 4) is 0 Å². The van der Waals surface area contributed by atoms with E-state index in [-0.39, 0.29) is 11.8 Å². The number of hydroxylamine groups is 1. The van der Waals surface area contributed by atoms with E-state index in [0.29, 0.717) is 0 Å². The molecule has 0 aliphatic heterocycles. The molecule has 3 nitrogen and oxygen atoms in total. The minimum Gasteiger partial charge on any atom is -0.289 e. The molecule has 0 aromatic heterocycles. The molecular formula is C19H39NO2. The van der Waals surface area contributed by atoms with Crippen molar-refractivity contribution in [2.45, 2.75) is 110 Å². The average molecular weight is 314 g/mol. The van der Waals surface area contributed by atoms with Gasteiger partial charge in [-0.25, -0.2) is 5.48 Å². The van der Waals surface area contributed by atoms with Crippen molar-refractivity contribution in [2.24, 2.45) is 5.92 Å². The van der Waals surface area contributed by atoms with Gasteiger partial charge in [-0.05, 0) is 6.42 Å². The smallest absolute Gasteiger partial charge is 0.246 e. The molecule has 3 heteroatoms. The highest BCUT2D eigenvalue weighted by Crippen LogP contribution is 2.14. The van der Waals surface area contributed by atoms with Crippen LogP contribution in [0.15, 0.2) is 0 Å². The van der Waals surface area contributed by atoms with Crippen LogP contribution in [0, 0.1) is 5.92 Å². The summed E-state index contributed by atoms with van der Waals surface area (Å²) in [5.74, 6) is -0.322. The molecule has 1 atom stereocenters. The van der Waals surface area contributed by atoms with E-state index in [9.17, 15) is 4.79 Å². The molecule has 0 heterocycles. The summed E-state index contributed by atoms with van der Waals surface area (Å²) in [6, 6.07) is 0. The maximum atomic E-state index is 11.1. The summed E-state index contributed by atoms with van der Waals surface area (Å²) in [6.07, 6.45) is 19.8. The second-order valence-electron chi connectivity index (χ2n) is 6.76. The lowest BCUT2D eigenvalue weighted by Crippen LogP contribution is -2.25. The molecule has 0 aliphatic rings. The van der Waals surface area contributed by atoms with Gasteiger partial charge in [0.1, 0.15) is 0 Å². The Hall–Kier alpha value is -0.570. The predicted octanol–water partition coefficient (Wildman–Crippen LogP) is 6.00. The molecule has 132 valence electrons. The van der Waals surface area contributed by atoms with Crippen LogP contribution in [-0.4, -0.2) is 11.1 Å². The normalized spacial score (nSPS) is 12.3. The number of nitrogens with one attached hydrogen (secondary N) is 1. The van der Waals surface area contributed by atoms with Gasteiger partial charge in [-0.2, -0.15) is 0 Å². The molecule has 0 saturated carbocycles. The first-order valence-electron chi connectivity index (χ1n) is 9.66. The zero-order valence-electron chi connectivity index (χ0n) is 15.0. The van der Waals surface area contributed by atoms with Crippen LogP contribution in [0.4, 0.5) is 0 Å². The molecule has 0 fully saturated rings. The van der Waals surface area contributed by atoms with Gasteiger partial charge in [-0.1, -0.05) is 104 Å². The molecule has 0 aliphatic carbocycles. The van der Waals surface area contributed by atoms with Crippen LogP contribution in [0.5, 0.6) is 0 Å². The lowest BCUT2D eigenvalue weighted by molar-refractivity contribution is -0.133. The Bertz CT molecular complexity index is 244. The Labute approximate surface area is 138 Å². The molecule has 0 rings (SSSR count). The summed E-state index contributed by atoms with van der Waals surface area (Å²) in [7, 11) is 0. The summed E-state index contributed by atoms with van der Waals surface area (Å²) in [6.45, 7) is 4.14. The number of carbonyl (C=O) groups is 1. The highest BCUT2D eigenvalue weighted by molar-refractivity contribution is 5.76. The molecule has 1 amide bonds. The summed E-state index contributed by atoms with van der Waals surface area (Å²) < 4.78 is 0. The van der Waals surface area contributed by atoms with Crippen molar-refractivity contribution in [3.05, 3.63) is 0 Å². The van der Waals surface area contributed by atoms with E-state index < -0.39 is 0 Å². The maximum Gasteiger partial charge on any atom is 0.246 e. The van der Waals surface area contributed by atoms with Gasteiger partial charge in [0.25, 0.3) is 0 Å². The molecule has 22 heavy (non-hydrogen) atoms. The monoisotopic (exact) mass is 313 g/mol. The Balaban J connectivity index is 3.10. The van der Waals surface area contributed by atoms with E-state index >= 15 is 0 Å². The third kappa shape index (κ3) is 14.4. The van der Waals surface area contributed by atoms with Crippen LogP contribution < -0.4 is 5.48 Å². The van der Waals surface area contributed by atoms with Crippen LogP contribution in [-0.2, 0) is 4.79 Å². The summed E-state index contributed by atoms with van der Waals surface area (Å²) >= 11 is 0. The predicted molar refractivity (Wildman–Crippen MR) is 94.0 cm³/mol. The van der Waals surface area contributed by atoms with Crippen molar-refractivity contribution >= 4 is 5.91 Å². The summed E-state index contributed by atoms with van der Waals surface area (Å²) in [5.41, 5.74) is 1.73. The van der Waals surface area contributed by atoms with Crippen LogP contribution >= 0.6 is 0 Å². The molecule has 0 spiro atoms. The molecule has 1 unspecified atom stereocenters. The number of amides is 1. The fourth-order valence-corrected chi connectivity index (χ4v) is 2.89. The van der Waals surface area contributed by atoms with Crippen molar-refractivity contribution in [2.75, 3.05) is 0 Å². The zero-order chi connectivity index (χ0) is 16.5. The van der Waals surface area contributed by atoms with Gasteiger partial charge in [-0.15, -0.1) is 0 Å². The van der Waals surface area contributed by atoms with Crippen molar-refractivity contribution < 1.29 is 10.0 Å². The second-order valence-corrected chi connectivity index (χ2v) is 6.76. The third-order valence-corrected chi connectivity index (χ3v) is 4.55. The van der Waals surface area contributed by atoms with Crippen LogP contribution in [0.3, 0.4) is 0 Å². The van der Waals surface area contributed by atoms with Gasteiger partial charge < -0.3 is 0 Å². The van der Waals surface area contributed by atoms with E-state index in [1.54, 1.807) is 5.48 Å². The Kier molecular flexibility index (Phi) is 16.4. The van der Waals surface area contributed by atoms with E-state index in [1.807, 2.05) is 6.92 Å². The number of rotatable bonds is 16. The van der Waals surface area contributed by atoms with Crippen molar-refractivity contribution in [1.29, 1.82) is 0 Å². The highest BCUT2D eigenvalue weighted by Gasteiger charge is 2.10. The van der Waals surface area contributed by atoms with E-state index in [1.165, 1.54) is 83.5 Å². The number of carbonyl (C=O) groups excluding carboxylic acids is 1. The average Bonchev–Trinajstić information content (AvgIpc) is 2.54. The van der Waals surface area contributed by atoms with Crippen LogP contribution in [0.1, 0.15) is 110 Å². The number of unbranched alkanes of at least 4 members (excludes halogenated alkanes) is 13. The third-order valence-electron chi connectivity index (χ3n) is 4.55. The van der Waals surface area contributed by atoms with Gasteiger partial charge in [-0.3, -0.25) is 10.0 Å². The number of hydrogen-bond acceptors (Lipinski definition) is 2. The van der Waals surface area contributed by atoms with E-state index in [0.717, 1.165) is 12.8 Å². The van der Waals surface area contributed by atoms with Crippen molar-refractivity contribution in [1.82, 2.24) is 5.48 Å². The Morgan fingerprint density at radius 1 is 0.773 bits per heavy atom. The quantitative estimate of drug-likeness (QED) is 0.208. The molecule has 0 aromatic rings. The van der Waals surface area contributed by atoms with Gasteiger partial charge in [0.05, 0.1) is 0 Å². The van der Waals surface area contributed by atoms with E-state index in [4.69, 9.17) is 5.21 Å². The lowest BCUT2D eigenvalue weighted by Gasteiger charge is -2.08. The van der Waals surface area contributed by atoms with Gasteiger partial charge in [0.2, 0.25) is 5.91 Å². The first-order valence-corrected chi connectivity index (χ1v) is 9.66. The van der Waals surface area contributed by atoms with Gasteiger partial charge >= 0.3 is 0 Å². The number of hydrogen-bond donors (Lipinski definition) is 2. The minimum atomic E-state index is -0.255. The van der Waals surface area contributed by atoms with E-state index in [2.05, 4.69) is 6.92 Å². The standard InChI is InChI=1S/C19H39NO2/c1-3-4-5-6-7-8-9-10-11-12-13-14-15-16-17-18(2)19(21)20-22/h18,22H,3-17H2,1-2H3,(H,20,21). The lowest BCUT2D eigenvalue weighted by atomic mass is 10.0. The largest absolute Gasteiger partial charge is 0.289 e. The maximum absolute atomic E-state index is 11.1. The zero-order valence-corrected chi connectivity index (χ0v) is 15.0. The van der Waals surface area contributed by atoms with Crippen molar-refractivity contribution in [3.63, 3.8) is 0 Å². The van der Waals surface area contributed by atoms with Crippen LogP contribution in [0.25, 0.3) is 0 Å². The SMILES string of the molecule is CCCCCCCCCCCCCCCCC(C)C(=O)NO. The molecule has 0 radical (unpaired) electrons. The fourth-order valence-electron chi connectivity index (χ4n) is 2.89. The fraction of sp³-hybridized carbons (Fsp3) is 0.947. The summed E-state index contributed by atoms with van der Waals surface area (Å²) in [5, 5.41) is 8.52. The second kappa shape index (κ2) is 16.8. The first kappa shape index (κ1) is 21.4. The minimum absolute atomic E-state index is 0.0673. The Morgan fingerprint density at radius 2 is 1.14 bits per heavy atom. The highest BCUT2D eigenvalue weighted by atomic mass is 16.5. The topological polar surface area (TPSA) is 49.3 Å². The molecule has 0 saturated heterocycles. The van der Waals surface area contributed by atoms with Crippen LogP contribution in [0.2, 0.25) is 0 Å². The molecule has 2 N–H and O–H groups in total. The van der Waals surface area contributed by atoms with Gasteiger partial charge in [0, 0.05) is 5.92 Å². The molecular weight excluding hydrogens is 274 g/mol. The van der Waals surface area contributed by atoms with Gasteiger partial charge in [0.15, 0.2) is 0 Å². The molecule has 0 bridgehead atoms.